The Balaban J connectivity index is 5.16. The van der Waals surface area contributed by atoms with Gasteiger partial charge in [0.25, 0.3) is 0 Å². The Hall–Kier alpha value is -1.94. The Labute approximate surface area is 556 Å². The molecule has 540 valence electrons. The number of aliphatic hydroxyl groups is 1. The molecule has 0 heterocycles. The Morgan fingerprint density at radius 1 is 0.308 bits per heavy atom. The first-order chi connectivity index (χ1) is 43.6. The third-order valence-corrected chi connectivity index (χ3v) is 18.8. The number of esters is 4. The number of rotatable bonds is 69. The van der Waals surface area contributed by atoms with Crippen molar-refractivity contribution in [2.45, 2.75) is 375 Å². The van der Waals surface area contributed by atoms with Crippen molar-refractivity contribution in [1.82, 2.24) is 0 Å². The van der Waals surface area contributed by atoms with Crippen LogP contribution in [0, 0.1) is 23.7 Å². The molecule has 0 aromatic carbocycles. The average Bonchev–Trinajstić information content (AvgIpc) is 3.07. The SMILES string of the molecule is CCC(C)CCCCCCCCC(=O)OC[C@H](COP(=O)(O)OC[C@H](O)COP(=O)(O)OC[C@@H](COC(=O)CCCCCCCCC(C)C)OC(=O)CCCCCCCCCCC(C)C)OC(=O)CCCCCCCCCCCCCCCCCCCCC(C)C. The molecule has 6 atom stereocenters. The van der Waals surface area contributed by atoms with E-state index in [0.717, 1.165) is 120 Å². The lowest BCUT2D eigenvalue weighted by Gasteiger charge is -2.21. The van der Waals surface area contributed by atoms with E-state index in [1.54, 1.807) is 0 Å². The molecule has 0 aromatic rings. The quantitative estimate of drug-likeness (QED) is 0.0222. The van der Waals surface area contributed by atoms with Crippen molar-refractivity contribution in [1.29, 1.82) is 0 Å². The zero-order valence-electron chi connectivity index (χ0n) is 59.5. The second-order valence-electron chi connectivity index (χ2n) is 27.6. The van der Waals surface area contributed by atoms with Crippen LogP contribution in [0.1, 0.15) is 357 Å². The van der Waals surface area contributed by atoms with Crippen LogP contribution in [0.2, 0.25) is 0 Å². The second kappa shape index (κ2) is 61.6. The second-order valence-corrected chi connectivity index (χ2v) is 30.6. The topological polar surface area (TPSA) is 237 Å². The third kappa shape index (κ3) is 65.1. The molecule has 0 rings (SSSR count). The van der Waals surface area contributed by atoms with Gasteiger partial charge in [0.2, 0.25) is 0 Å². The van der Waals surface area contributed by atoms with Gasteiger partial charge in [0.15, 0.2) is 12.2 Å². The summed E-state index contributed by atoms with van der Waals surface area (Å²) in [5.74, 6) is 0.816. The summed E-state index contributed by atoms with van der Waals surface area (Å²) in [7, 11) is -9.90. The van der Waals surface area contributed by atoms with E-state index in [0.29, 0.717) is 31.6 Å². The standard InChI is InChI=1S/C72H140O17P2/c1-9-65(8)51-43-35-29-31-37-45-53-70(75)83-59-68(88-71(76)54-46-38-26-21-19-17-15-13-11-10-12-14-16-18-20-24-32-40-48-62(2)3)61-87-91(80,81)85-57-66(73)56-84-90(78,79)86-60-67(58-82-69(74)52-44-36-30-28-34-42-50-64(6)7)89-72(77)55-47-39-27-23-22-25-33-41-49-63(4)5/h62-68,73H,9-61H2,1-8H3,(H,78,79)(H,80,81)/t65?,66-,67-,68-/m1/s1. The highest BCUT2D eigenvalue weighted by Gasteiger charge is 2.30. The third-order valence-electron chi connectivity index (χ3n) is 16.9. The highest BCUT2D eigenvalue weighted by Crippen LogP contribution is 2.45. The Morgan fingerprint density at radius 2 is 0.527 bits per heavy atom. The molecule has 17 nitrogen and oxygen atoms in total. The normalized spacial score (nSPS) is 14.5. The summed E-state index contributed by atoms with van der Waals surface area (Å²) in [4.78, 5) is 72.5. The molecule has 0 amide bonds. The smallest absolute Gasteiger partial charge is 0.462 e. The van der Waals surface area contributed by atoms with Crippen molar-refractivity contribution in [3.05, 3.63) is 0 Å². The van der Waals surface area contributed by atoms with Crippen LogP contribution in [-0.4, -0.2) is 96.7 Å². The van der Waals surface area contributed by atoms with E-state index in [-0.39, 0.29) is 25.7 Å². The highest BCUT2D eigenvalue weighted by atomic mass is 31.2. The zero-order valence-corrected chi connectivity index (χ0v) is 61.3. The first-order valence-corrected chi connectivity index (χ1v) is 40.2. The lowest BCUT2D eigenvalue weighted by Crippen LogP contribution is -2.30. The molecule has 0 aliphatic heterocycles. The van der Waals surface area contributed by atoms with Crippen LogP contribution in [0.3, 0.4) is 0 Å². The molecule has 0 aliphatic rings. The van der Waals surface area contributed by atoms with E-state index < -0.39 is 97.5 Å². The molecule has 3 N–H and O–H groups in total. The Morgan fingerprint density at radius 3 is 0.780 bits per heavy atom. The summed E-state index contributed by atoms with van der Waals surface area (Å²) in [6.07, 6.45) is 44.8. The predicted molar refractivity (Wildman–Crippen MR) is 367 cm³/mol. The zero-order chi connectivity index (χ0) is 67.5. The van der Waals surface area contributed by atoms with Crippen LogP contribution in [-0.2, 0) is 65.4 Å². The molecule has 0 aliphatic carbocycles. The van der Waals surface area contributed by atoms with E-state index >= 15 is 0 Å². The minimum atomic E-state index is -4.95. The van der Waals surface area contributed by atoms with Gasteiger partial charge in [0.1, 0.15) is 19.3 Å². The number of hydrogen-bond acceptors (Lipinski definition) is 15. The number of aliphatic hydroxyl groups excluding tert-OH is 1. The van der Waals surface area contributed by atoms with Gasteiger partial charge in [-0.2, -0.15) is 0 Å². The van der Waals surface area contributed by atoms with Crippen LogP contribution < -0.4 is 0 Å². The van der Waals surface area contributed by atoms with E-state index in [4.69, 9.17) is 37.0 Å². The predicted octanol–water partition coefficient (Wildman–Crippen LogP) is 20.5. The van der Waals surface area contributed by atoms with Gasteiger partial charge in [-0.1, -0.05) is 306 Å². The largest absolute Gasteiger partial charge is 0.472 e. The minimum absolute atomic E-state index is 0.103. The lowest BCUT2D eigenvalue weighted by molar-refractivity contribution is -0.161. The first-order valence-electron chi connectivity index (χ1n) is 37.2. The van der Waals surface area contributed by atoms with Crippen molar-refractivity contribution in [2.24, 2.45) is 23.7 Å². The number of carbonyl (C=O) groups is 4. The number of carbonyl (C=O) groups excluding carboxylic acids is 4. The number of phosphoric acid groups is 2. The molecule has 0 spiro atoms. The van der Waals surface area contributed by atoms with Crippen LogP contribution in [0.25, 0.3) is 0 Å². The minimum Gasteiger partial charge on any atom is -0.462 e. The summed E-state index contributed by atoms with van der Waals surface area (Å²) >= 11 is 0. The van der Waals surface area contributed by atoms with Gasteiger partial charge in [-0.15, -0.1) is 0 Å². The Bertz CT molecular complexity index is 1800. The molecule has 19 heteroatoms. The number of hydrogen-bond donors (Lipinski definition) is 3. The lowest BCUT2D eigenvalue weighted by atomic mass is 10.00. The van der Waals surface area contributed by atoms with Gasteiger partial charge >= 0.3 is 39.5 Å². The molecular formula is C72H140O17P2. The van der Waals surface area contributed by atoms with Gasteiger partial charge in [-0.05, 0) is 49.4 Å². The molecular weight excluding hydrogens is 1200 g/mol. The average molecular weight is 1340 g/mol. The first kappa shape index (κ1) is 89.1. The van der Waals surface area contributed by atoms with Crippen LogP contribution in [0.4, 0.5) is 0 Å². The maximum absolute atomic E-state index is 13.0. The number of unbranched alkanes of at least 4 members (excludes halogenated alkanes) is 34. The summed E-state index contributed by atoms with van der Waals surface area (Å²) < 4.78 is 68.2. The molecule has 0 bridgehead atoms. The summed E-state index contributed by atoms with van der Waals surface area (Å²) in [5.41, 5.74) is 0. The van der Waals surface area contributed by atoms with E-state index in [1.165, 1.54) is 148 Å². The fraction of sp³-hybridized carbons (Fsp3) is 0.944. The van der Waals surface area contributed by atoms with E-state index in [2.05, 4.69) is 55.4 Å². The molecule has 0 fully saturated rings. The summed E-state index contributed by atoms with van der Waals surface area (Å²) in [6.45, 7) is 14.0. The maximum Gasteiger partial charge on any atom is 0.472 e. The summed E-state index contributed by atoms with van der Waals surface area (Å²) in [6, 6.07) is 0. The summed E-state index contributed by atoms with van der Waals surface area (Å²) in [5, 5.41) is 10.6. The monoisotopic (exact) mass is 1340 g/mol. The molecule has 0 saturated heterocycles. The van der Waals surface area contributed by atoms with Crippen molar-refractivity contribution in [3.63, 3.8) is 0 Å². The van der Waals surface area contributed by atoms with Gasteiger partial charge < -0.3 is 33.8 Å². The highest BCUT2D eigenvalue weighted by molar-refractivity contribution is 7.47. The molecule has 91 heavy (non-hydrogen) atoms. The van der Waals surface area contributed by atoms with E-state index in [9.17, 15) is 43.2 Å². The molecule has 0 saturated carbocycles. The van der Waals surface area contributed by atoms with Crippen LogP contribution in [0.5, 0.6) is 0 Å². The van der Waals surface area contributed by atoms with Crippen molar-refractivity contribution in [2.75, 3.05) is 39.6 Å². The number of phosphoric ester groups is 2. The van der Waals surface area contributed by atoms with E-state index in [1.807, 2.05) is 0 Å². The maximum atomic E-state index is 13.0. The molecule has 0 aromatic heterocycles. The van der Waals surface area contributed by atoms with Crippen molar-refractivity contribution >= 4 is 39.5 Å². The van der Waals surface area contributed by atoms with Gasteiger partial charge in [-0.3, -0.25) is 37.3 Å². The van der Waals surface area contributed by atoms with Crippen LogP contribution in [0.15, 0.2) is 0 Å². The number of ether oxygens (including phenoxy) is 4. The fourth-order valence-electron chi connectivity index (χ4n) is 10.8. The van der Waals surface area contributed by atoms with Crippen molar-refractivity contribution in [3.8, 4) is 0 Å². The Kier molecular flexibility index (Phi) is 60.3. The van der Waals surface area contributed by atoms with Gasteiger partial charge in [0.05, 0.1) is 26.4 Å². The van der Waals surface area contributed by atoms with Gasteiger partial charge in [0, 0.05) is 25.7 Å². The van der Waals surface area contributed by atoms with Crippen LogP contribution >= 0.6 is 15.6 Å². The molecule has 0 radical (unpaired) electrons. The molecule has 3 unspecified atom stereocenters. The van der Waals surface area contributed by atoms with Gasteiger partial charge in [-0.25, -0.2) is 9.13 Å². The van der Waals surface area contributed by atoms with Crippen molar-refractivity contribution < 1.29 is 80.2 Å². The fourth-order valence-corrected chi connectivity index (χ4v) is 12.4.